The van der Waals surface area contributed by atoms with Crippen LogP contribution < -0.4 is 5.32 Å². The van der Waals surface area contributed by atoms with E-state index in [2.05, 4.69) is 17.1 Å². The van der Waals surface area contributed by atoms with Gasteiger partial charge in [0.05, 0.1) is 0 Å². The van der Waals surface area contributed by atoms with E-state index in [1.54, 1.807) is 0 Å². The van der Waals surface area contributed by atoms with Gasteiger partial charge in [-0.1, -0.05) is 6.92 Å². The molecule has 0 radical (unpaired) electrons. The number of amides is 1. The molecular formula is C13H22N2O4. The Kier molecular flexibility index (Phi) is 4.76. The Hall–Kier alpha value is -1.14. The standard InChI is InChI=1S/C13H22N2O4/c1-2-15-7-5-9(6-8-15)14-12(16)10-3-4-11(19-10)13(17)18/h9-11H,2-8H2,1H3,(H,14,16)(H,17,18)/t10-,11+/m0/s1. The van der Waals surface area contributed by atoms with Gasteiger partial charge in [-0.2, -0.15) is 0 Å². The maximum absolute atomic E-state index is 12.0. The zero-order chi connectivity index (χ0) is 13.8. The zero-order valence-corrected chi connectivity index (χ0v) is 11.3. The van der Waals surface area contributed by atoms with Crippen LogP contribution in [-0.4, -0.2) is 59.8 Å². The highest BCUT2D eigenvalue weighted by molar-refractivity contribution is 5.82. The first-order valence-electron chi connectivity index (χ1n) is 7.01. The molecule has 2 atom stereocenters. The lowest BCUT2D eigenvalue weighted by molar-refractivity contribution is -0.152. The Morgan fingerprint density at radius 3 is 2.37 bits per heavy atom. The van der Waals surface area contributed by atoms with Gasteiger partial charge in [-0.25, -0.2) is 4.79 Å². The molecule has 0 aromatic rings. The van der Waals surface area contributed by atoms with Crippen LogP contribution in [0.3, 0.4) is 0 Å². The van der Waals surface area contributed by atoms with E-state index in [0.29, 0.717) is 12.8 Å². The molecule has 0 unspecified atom stereocenters. The minimum atomic E-state index is -0.980. The highest BCUT2D eigenvalue weighted by atomic mass is 16.5. The quantitative estimate of drug-likeness (QED) is 0.764. The number of rotatable bonds is 4. The van der Waals surface area contributed by atoms with Crippen molar-refractivity contribution < 1.29 is 19.4 Å². The van der Waals surface area contributed by atoms with E-state index in [0.717, 1.165) is 32.5 Å². The van der Waals surface area contributed by atoms with Crippen molar-refractivity contribution in [1.82, 2.24) is 10.2 Å². The summed E-state index contributed by atoms with van der Waals surface area (Å²) in [6, 6.07) is 0.197. The topological polar surface area (TPSA) is 78.9 Å². The van der Waals surface area contributed by atoms with Crippen molar-refractivity contribution in [2.45, 2.75) is 50.9 Å². The molecule has 2 N–H and O–H groups in total. The molecule has 1 amide bonds. The lowest BCUT2D eigenvalue weighted by Gasteiger charge is -2.31. The number of nitrogens with zero attached hydrogens (tertiary/aromatic N) is 1. The smallest absolute Gasteiger partial charge is 0.332 e. The van der Waals surface area contributed by atoms with Crippen LogP contribution in [0.2, 0.25) is 0 Å². The Morgan fingerprint density at radius 1 is 1.21 bits per heavy atom. The van der Waals surface area contributed by atoms with Gasteiger partial charge in [-0.15, -0.1) is 0 Å². The van der Waals surface area contributed by atoms with E-state index >= 15 is 0 Å². The van der Waals surface area contributed by atoms with Crippen LogP contribution in [0.25, 0.3) is 0 Å². The van der Waals surface area contributed by atoms with Crippen molar-refractivity contribution in [3.8, 4) is 0 Å². The second kappa shape index (κ2) is 6.34. The number of nitrogens with one attached hydrogen (secondary N) is 1. The van der Waals surface area contributed by atoms with Crippen molar-refractivity contribution in [2.24, 2.45) is 0 Å². The number of likely N-dealkylation sites (tertiary alicyclic amines) is 1. The normalized spacial score (nSPS) is 29.3. The van der Waals surface area contributed by atoms with E-state index < -0.39 is 18.2 Å². The summed E-state index contributed by atoms with van der Waals surface area (Å²) in [6.45, 7) is 5.19. The minimum Gasteiger partial charge on any atom is -0.479 e. The maximum Gasteiger partial charge on any atom is 0.332 e. The predicted octanol–water partition coefficient (Wildman–Crippen LogP) is 0.219. The van der Waals surface area contributed by atoms with Crippen LogP contribution in [0.15, 0.2) is 0 Å². The Bertz CT molecular complexity index is 340. The molecule has 2 aliphatic rings. The lowest BCUT2D eigenvalue weighted by atomic mass is 10.0. The van der Waals surface area contributed by atoms with Crippen LogP contribution in [0.1, 0.15) is 32.6 Å². The molecule has 2 aliphatic heterocycles. The molecule has 0 saturated carbocycles. The summed E-state index contributed by atoms with van der Waals surface area (Å²) in [5.41, 5.74) is 0. The summed E-state index contributed by atoms with van der Waals surface area (Å²) in [6.07, 6.45) is 1.41. The van der Waals surface area contributed by atoms with E-state index in [1.165, 1.54) is 0 Å². The molecule has 6 nitrogen and oxygen atoms in total. The molecule has 0 aliphatic carbocycles. The predicted molar refractivity (Wildman–Crippen MR) is 68.8 cm³/mol. The summed E-state index contributed by atoms with van der Waals surface area (Å²) in [7, 11) is 0. The van der Waals surface area contributed by atoms with Gasteiger partial charge in [-0.3, -0.25) is 4.79 Å². The highest BCUT2D eigenvalue weighted by Crippen LogP contribution is 2.20. The molecule has 2 heterocycles. The van der Waals surface area contributed by atoms with Gasteiger partial charge in [0.15, 0.2) is 6.10 Å². The van der Waals surface area contributed by atoms with Crippen molar-refractivity contribution >= 4 is 11.9 Å². The Balaban J connectivity index is 1.75. The first kappa shape index (κ1) is 14.3. The van der Waals surface area contributed by atoms with Gasteiger partial charge in [-0.05, 0) is 32.2 Å². The first-order chi connectivity index (χ1) is 9.10. The molecule has 2 fully saturated rings. The fourth-order valence-electron chi connectivity index (χ4n) is 2.70. The van der Waals surface area contributed by atoms with Gasteiger partial charge in [0.1, 0.15) is 6.10 Å². The van der Waals surface area contributed by atoms with Crippen LogP contribution in [0.4, 0.5) is 0 Å². The summed E-state index contributed by atoms with van der Waals surface area (Å²) < 4.78 is 5.25. The minimum absolute atomic E-state index is 0.154. The fourth-order valence-corrected chi connectivity index (χ4v) is 2.70. The molecule has 0 aromatic heterocycles. The Labute approximate surface area is 113 Å². The molecule has 6 heteroatoms. The molecular weight excluding hydrogens is 248 g/mol. The van der Waals surface area contributed by atoms with Crippen molar-refractivity contribution in [3.63, 3.8) is 0 Å². The third-order valence-corrected chi connectivity index (χ3v) is 3.97. The number of carbonyl (C=O) groups is 2. The molecule has 108 valence electrons. The van der Waals surface area contributed by atoms with Gasteiger partial charge in [0, 0.05) is 19.1 Å². The molecule has 19 heavy (non-hydrogen) atoms. The number of carboxylic acids is 1. The molecule has 2 rings (SSSR count). The molecule has 0 spiro atoms. The summed E-state index contributed by atoms with van der Waals surface area (Å²) in [4.78, 5) is 25.1. The number of ether oxygens (including phenoxy) is 1. The molecule has 2 saturated heterocycles. The Morgan fingerprint density at radius 2 is 1.84 bits per heavy atom. The number of piperidine rings is 1. The number of carboxylic acid groups (broad SMARTS) is 1. The van der Waals surface area contributed by atoms with Crippen LogP contribution >= 0.6 is 0 Å². The first-order valence-corrected chi connectivity index (χ1v) is 7.01. The second-order valence-corrected chi connectivity index (χ2v) is 5.25. The number of aliphatic carboxylic acids is 1. The van der Waals surface area contributed by atoms with Gasteiger partial charge in [0.25, 0.3) is 0 Å². The molecule has 0 aromatic carbocycles. The average molecular weight is 270 g/mol. The van der Waals surface area contributed by atoms with E-state index in [9.17, 15) is 9.59 Å². The largest absolute Gasteiger partial charge is 0.479 e. The monoisotopic (exact) mass is 270 g/mol. The number of hydrogen-bond donors (Lipinski definition) is 2. The van der Waals surface area contributed by atoms with Gasteiger partial charge >= 0.3 is 5.97 Å². The van der Waals surface area contributed by atoms with Crippen molar-refractivity contribution in [2.75, 3.05) is 19.6 Å². The summed E-state index contributed by atoms with van der Waals surface area (Å²) in [5, 5.41) is 11.8. The van der Waals surface area contributed by atoms with Gasteiger partial charge in [0.2, 0.25) is 5.91 Å². The summed E-state index contributed by atoms with van der Waals surface area (Å²) >= 11 is 0. The summed E-state index contributed by atoms with van der Waals surface area (Å²) in [5.74, 6) is -1.13. The van der Waals surface area contributed by atoms with E-state index in [4.69, 9.17) is 9.84 Å². The van der Waals surface area contributed by atoms with Crippen LogP contribution in [-0.2, 0) is 14.3 Å². The number of carbonyl (C=O) groups excluding carboxylic acids is 1. The van der Waals surface area contributed by atoms with Crippen molar-refractivity contribution in [3.05, 3.63) is 0 Å². The third-order valence-electron chi connectivity index (χ3n) is 3.97. The zero-order valence-electron chi connectivity index (χ0n) is 11.3. The average Bonchev–Trinajstić information content (AvgIpc) is 2.89. The van der Waals surface area contributed by atoms with Crippen molar-refractivity contribution in [1.29, 1.82) is 0 Å². The third kappa shape index (κ3) is 3.67. The van der Waals surface area contributed by atoms with Gasteiger partial charge < -0.3 is 20.1 Å². The second-order valence-electron chi connectivity index (χ2n) is 5.25. The van der Waals surface area contributed by atoms with Crippen LogP contribution in [0.5, 0.6) is 0 Å². The molecule has 0 bridgehead atoms. The highest BCUT2D eigenvalue weighted by Gasteiger charge is 2.35. The lowest BCUT2D eigenvalue weighted by Crippen LogP contribution is -2.47. The maximum atomic E-state index is 12.0. The fraction of sp³-hybridized carbons (Fsp3) is 0.846. The number of hydrogen-bond acceptors (Lipinski definition) is 4. The SMILES string of the molecule is CCN1CCC(NC(=O)[C@@H]2CC[C@H](C(=O)O)O2)CC1. The van der Waals surface area contributed by atoms with E-state index in [-0.39, 0.29) is 11.9 Å². The van der Waals surface area contributed by atoms with E-state index in [1.807, 2.05) is 0 Å². The van der Waals surface area contributed by atoms with Crippen LogP contribution in [0, 0.1) is 0 Å².